The normalized spacial score (nSPS) is 11.8. The highest BCUT2D eigenvalue weighted by molar-refractivity contribution is 5.73. The van der Waals surface area contributed by atoms with Gasteiger partial charge in [-0.05, 0) is 18.8 Å². The predicted octanol–water partition coefficient (Wildman–Crippen LogP) is 1.14. The van der Waals surface area contributed by atoms with E-state index in [0.717, 1.165) is 18.7 Å². The number of rotatable bonds is 9. The van der Waals surface area contributed by atoms with Gasteiger partial charge in [-0.25, -0.2) is 9.78 Å². The van der Waals surface area contributed by atoms with E-state index in [-0.39, 0.29) is 18.4 Å². The second kappa shape index (κ2) is 8.95. The fourth-order valence-corrected chi connectivity index (χ4v) is 1.69. The number of nitrogens with one attached hydrogen (secondary N) is 3. The van der Waals surface area contributed by atoms with Gasteiger partial charge in [0, 0.05) is 38.3 Å². The molecule has 1 unspecified atom stereocenters. The first-order valence-corrected chi connectivity index (χ1v) is 6.79. The maximum absolute atomic E-state index is 11.5. The maximum Gasteiger partial charge on any atom is 0.314 e. The molecule has 0 aromatic carbocycles. The van der Waals surface area contributed by atoms with Crippen LogP contribution in [0.15, 0.2) is 12.4 Å². The Kier molecular flexibility index (Phi) is 7.16. The average molecular weight is 282 g/mol. The number of amides is 2. The Hall–Kier alpha value is -2.05. The van der Waals surface area contributed by atoms with E-state index in [1.165, 1.54) is 0 Å². The van der Waals surface area contributed by atoms with Gasteiger partial charge in [0.15, 0.2) is 0 Å². The van der Waals surface area contributed by atoms with Crippen LogP contribution in [0.1, 0.15) is 32.0 Å². The number of carbonyl (C=O) groups excluding carboxylic acids is 1. The van der Waals surface area contributed by atoms with Crippen molar-refractivity contribution in [3.8, 4) is 0 Å². The van der Waals surface area contributed by atoms with Crippen molar-refractivity contribution in [3.63, 3.8) is 0 Å². The van der Waals surface area contributed by atoms with Crippen LogP contribution in [0, 0.1) is 5.92 Å². The number of nitrogens with zero attached hydrogens (tertiary/aromatic N) is 1. The summed E-state index contributed by atoms with van der Waals surface area (Å²) in [6.45, 7) is 2.98. The van der Waals surface area contributed by atoms with Crippen molar-refractivity contribution in [3.05, 3.63) is 18.2 Å². The van der Waals surface area contributed by atoms with E-state index in [4.69, 9.17) is 5.11 Å². The minimum Gasteiger partial charge on any atom is -0.481 e. The number of imidazole rings is 1. The predicted molar refractivity (Wildman–Crippen MR) is 74.3 cm³/mol. The van der Waals surface area contributed by atoms with Crippen molar-refractivity contribution in [2.45, 2.75) is 32.6 Å². The number of H-pyrrole nitrogens is 1. The van der Waals surface area contributed by atoms with E-state index in [1.807, 2.05) is 6.92 Å². The Balaban J connectivity index is 2.01. The average Bonchev–Trinajstić information content (AvgIpc) is 2.92. The zero-order valence-corrected chi connectivity index (χ0v) is 11.7. The highest BCUT2D eigenvalue weighted by Gasteiger charge is 2.07. The van der Waals surface area contributed by atoms with Gasteiger partial charge in [0.1, 0.15) is 5.82 Å². The molecule has 7 heteroatoms. The summed E-state index contributed by atoms with van der Waals surface area (Å²) < 4.78 is 0. The van der Waals surface area contributed by atoms with Gasteiger partial charge in [0.2, 0.25) is 0 Å². The third-order valence-corrected chi connectivity index (χ3v) is 2.89. The Labute approximate surface area is 118 Å². The number of urea groups is 1. The summed E-state index contributed by atoms with van der Waals surface area (Å²) in [6, 6.07) is -0.216. The van der Waals surface area contributed by atoms with Crippen LogP contribution in [0.25, 0.3) is 0 Å². The molecule has 1 atom stereocenters. The Morgan fingerprint density at radius 3 is 2.90 bits per heavy atom. The number of aliphatic carboxylic acids is 1. The van der Waals surface area contributed by atoms with Crippen molar-refractivity contribution in [1.29, 1.82) is 0 Å². The second-order valence-electron chi connectivity index (χ2n) is 4.81. The van der Waals surface area contributed by atoms with Crippen LogP contribution in [-0.2, 0) is 11.2 Å². The van der Waals surface area contributed by atoms with Crippen LogP contribution in [-0.4, -0.2) is 40.2 Å². The summed E-state index contributed by atoms with van der Waals surface area (Å²) in [5.41, 5.74) is 0. The summed E-state index contributed by atoms with van der Waals surface area (Å²) in [7, 11) is 0. The van der Waals surface area contributed by atoms with Crippen molar-refractivity contribution in [1.82, 2.24) is 20.6 Å². The number of aromatic amines is 1. The third kappa shape index (κ3) is 7.40. The van der Waals surface area contributed by atoms with Gasteiger partial charge in [0.05, 0.1) is 0 Å². The Bertz CT molecular complexity index is 406. The molecule has 0 spiro atoms. The summed E-state index contributed by atoms with van der Waals surface area (Å²) in [5, 5.41) is 14.0. The lowest BCUT2D eigenvalue weighted by atomic mass is 10.1. The lowest BCUT2D eigenvalue weighted by Gasteiger charge is -2.12. The number of hydrogen-bond acceptors (Lipinski definition) is 3. The lowest BCUT2D eigenvalue weighted by molar-refractivity contribution is -0.137. The highest BCUT2D eigenvalue weighted by Crippen LogP contribution is 2.03. The van der Waals surface area contributed by atoms with Gasteiger partial charge < -0.3 is 20.7 Å². The molecule has 0 aliphatic heterocycles. The quantitative estimate of drug-likeness (QED) is 0.509. The molecule has 1 heterocycles. The monoisotopic (exact) mass is 282 g/mol. The maximum atomic E-state index is 11.5. The molecular formula is C13H22N4O3. The number of carboxylic acids is 1. The molecule has 0 aliphatic carbocycles. The molecule has 112 valence electrons. The van der Waals surface area contributed by atoms with Crippen LogP contribution < -0.4 is 10.6 Å². The van der Waals surface area contributed by atoms with E-state index in [9.17, 15) is 9.59 Å². The van der Waals surface area contributed by atoms with Gasteiger partial charge in [-0.2, -0.15) is 0 Å². The standard InChI is InChI=1S/C13H22N4O3/c1-10(4-5-12(18)19)9-17-13(20)16-6-2-3-11-14-7-8-15-11/h7-8,10H,2-6,9H2,1H3,(H,14,15)(H,18,19)(H2,16,17,20). The topological polar surface area (TPSA) is 107 Å². The first-order valence-electron chi connectivity index (χ1n) is 6.79. The third-order valence-electron chi connectivity index (χ3n) is 2.89. The minimum absolute atomic E-state index is 0.133. The second-order valence-corrected chi connectivity index (χ2v) is 4.81. The zero-order valence-electron chi connectivity index (χ0n) is 11.7. The van der Waals surface area contributed by atoms with Crippen LogP contribution in [0.5, 0.6) is 0 Å². The SMILES string of the molecule is CC(CCC(=O)O)CNC(=O)NCCCc1ncc[nH]1. The molecule has 2 amide bonds. The van der Waals surface area contributed by atoms with Gasteiger partial charge in [-0.1, -0.05) is 6.92 Å². The molecular weight excluding hydrogens is 260 g/mol. The Morgan fingerprint density at radius 1 is 1.45 bits per heavy atom. The molecule has 20 heavy (non-hydrogen) atoms. The largest absolute Gasteiger partial charge is 0.481 e. The van der Waals surface area contributed by atoms with E-state index in [0.29, 0.717) is 19.5 Å². The summed E-state index contributed by atoms with van der Waals surface area (Å²) in [5.74, 6) is 0.258. The van der Waals surface area contributed by atoms with Crippen molar-refractivity contribution in [2.75, 3.05) is 13.1 Å². The highest BCUT2D eigenvalue weighted by atomic mass is 16.4. The van der Waals surface area contributed by atoms with Gasteiger partial charge >= 0.3 is 12.0 Å². The summed E-state index contributed by atoms with van der Waals surface area (Å²) >= 11 is 0. The zero-order chi connectivity index (χ0) is 14.8. The van der Waals surface area contributed by atoms with E-state index in [2.05, 4.69) is 20.6 Å². The number of aryl methyl sites for hydroxylation is 1. The fraction of sp³-hybridized carbons (Fsp3) is 0.615. The molecule has 0 fully saturated rings. The Morgan fingerprint density at radius 2 is 2.25 bits per heavy atom. The van der Waals surface area contributed by atoms with Crippen LogP contribution in [0.3, 0.4) is 0 Å². The van der Waals surface area contributed by atoms with Crippen LogP contribution >= 0.6 is 0 Å². The molecule has 0 aliphatic rings. The molecule has 0 radical (unpaired) electrons. The lowest BCUT2D eigenvalue weighted by Crippen LogP contribution is -2.38. The van der Waals surface area contributed by atoms with E-state index >= 15 is 0 Å². The number of carboxylic acid groups (broad SMARTS) is 1. The molecule has 1 aromatic heterocycles. The van der Waals surface area contributed by atoms with Crippen molar-refractivity contribution >= 4 is 12.0 Å². The number of hydrogen-bond donors (Lipinski definition) is 4. The van der Waals surface area contributed by atoms with Gasteiger partial charge in [-0.15, -0.1) is 0 Å². The van der Waals surface area contributed by atoms with E-state index < -0.39 is 5.97 Å². The molecule has 0 bridgehead atoms. The number of carbonyl (C=O) groups is 2. The van der Waals surface area contributed by atoms with Crippen LogP contribution in [0.2, 0.25) is 0 Å². The molecule has 1 rings (SSSR count). The minimum atomic E-state index is -0.806. The summed E-state index contributed by atoms with van der Waals surface area (Å²) in [4.78, 5) is 29.0. The first-order chi connectivity index (χ1) is 9.58. The molecule has 1 aromatic rings. The molecule has 7 nitrogen and oxygen atoms in total. The molecule has 0 saturated heterocycles. The smallest absolute Gasteiger partial charge is 0.314 e. The molecule has 4 N–H and O–H groups in total. The van der Waals surface area contributed by atoms with Crippen molar-refractivity contribution in [2.24, 2.45) is 5.92 Å². The van der Waals surface area contributed by atoms with Crippen molar-refractivity contribution < 1.29 is 14.7 Å². The fourth-order valence-electron chi connectivity index (χ4n) is 1.69. The van der Waals surface area contributed by atoms with Gasteiger partial charge in [-0.3, -0.25) is 4.79 Å². The summed E-state index contributed by atoms with van der Waals surface area (Å²) in [6.07, 6.45) is 5.78. The molecule has 0 saturated carbocycles. The van der Waals surface area contributed by atoms with E-state index in [1.54, 1.807) is 12.4 Å². The number of aromatic nitrogens is 2. The van der Waals surface area contributed by atoms with Crippen LogP contribution in [0.4, 0.5) is 4.79 Å². The first kappa shape index (κ1) is 16.0. The van der Waals surface area contributed by atoms with Gasteiger partial charge in [0.25, 0.3) is 0 Å².